The summed E-state index contributed by atoms with van der Waals surface area (Å²) in [4.78, 5) is 9.47. The second-order valence-electron chi connectivity index (χ2n) is 11.4. The fourth-order valence-corrected chi connectivity index (χ4v) is 6.81. The van der Waals surface area contributed by atoms with Gasteiger partial charge in [0.1, 0.15) is 6.33 Å². The van der Waals surface area contributed by atoms with E-state index in [1.54, 1.807) is 6.33 Å². The number of fused-ring (bicyclic) bond motifs is 6. The number of nitrogens with zero attached hydrogens (tertiary/aromatic N) is 3. The van der Waals surface area contributed by atoms with E-state index < -0.39 is 0 Å². The third-order valence-corrected chi connectivity index (χ3v) is 8.93. The van der Waals surface area contributed by atoms with E-state index in [0.29, 0.717) is 0 Å². The molecule has 3 heteroatoms. The zero-order chi connectivity index (χ0) is 29.7. The van der Waals surface area contributed by atoms with Crippen molar-refractivity contribution in [2.24, 2.45) is 0 Å². The van der Waals surface area contributed by atoms with Crippen molar-refractivity contribution in [3.63, 3.8) is 0 Å². The summed E-state index contributed by atoms with van der Waals surface area (Å²) in [5.74, 6) is 0. The van der Waals surface area contributed by atoms with Crippen LogP contribution in [0.1, 0.15) is 0 Å². The summed E-state index contributed by atoms with van der Waals surface area (Å²) in [5.41, 5.74) is 11.3. The van der Waals surface area contributed by atoms with E-state index in [1.807, 2.05) is 6.07 Å². The zero-order valence-electron chi connectivity index (χ0n) is 24.4. The molecule has 9 rings (SSSR count). The number of para-hydroxylation sites is 2. The Morgan fingerprint density at radius 2 is 1.02 bits per heavy atom. The van der Waals surface area contributed by atoms with Gasteiger partial charge in [-0.25, -0.2) is 9.97 Å². The van der Waals surface area contributed by atoms with Crippen LogP contribution in [0.2, 0.25) is 0 Å². The maximum absolute atomic E-state index is 4.80. The minimum Gasteiger partial charge on any atom is -0.309 e. The van der Waals surface area contributed by atoms with Gasteiger partial charge in [-0.05, 0) is 58.0 Å². The third-order valence-electron chi connectivity index (χ3n) is 8.93. The van der Waals surface area contributed by atoms with Crippen molar-refractivity contribution in [1.82, 2.24) is 14.5 Å². The fourth-order valence-electron chi connectivity index (χ4n) is 6.81. The first-order chi connectivity index (χ1) is 22.3. The SMILES string of the molecule is c1ccc(-c2ncnc3c2ccc2cccc(-c4ccc(-c5ccc(-n6c7ccccc7c7ccccc76)cc5)cc4)c23)cc1. The molecule has 0 aliphatic heterocycles. The van der Waals surface area contributed by atoms with Gasteiger partial charge in [0.15, 0.2) is 0 Å². The van der Waals surface area contributed by atoms with Crippen LogP contribution in [0.25, 0.3) is 82.7 Å². The molecule has 0 amide bonds. The van der Waals surface area contributed by atoms with Crippen LogP contribution in [0.15, 0.2) is 164 Å². The van der Waals surface area contributed by atoms with Crippen molar-refractivity contribution in [1.29, 1.82) is 0 Å². The van der Waals surface area contributed by atoms with E-state index in [0.717, 1.165) is 33.2 Å². The lowest BCUT2D eigenvalue weighted by atomic mass is 9.93. The highest BCUT2D eigenvalue weighted by molar-refractivity contribution is 6.15. The molecule has 9 aromatic rings. The van der Waals surface area contributed by atoms with Crippen LogP contribution < -0.4 is 0 Å². The van der Waals surface area contributed by atoms with Gasteiger partial charge in [0.25, 0.3) is 0 Å². The Bertz CT molecular complexity index is 2460. The smallest absolute Gasteiger partial charge is 0.116 e. The highest BCUT2D eigenvalue weighted by Crippen LogP contribution is 2.37. The zero-order valence-corrected chi connectivity index (χ0v) is 24.4. The molecular weight excluding hydrogens is 546 g/mol. The van der Waals surface area contributed by atoms with Gasteiger partial charge in [0.05, 0.1) is 22.2 Å². The Balaban J connectivity index is 1.10. The van der Waals surface area contributed by atoms with Gasteiger partial charge >= 0.3 is 0 Å². The van der Waals surface area contributed by atoms with E-state index in [1.165, 1.54) is 49.4 Å². The second-order valence-corrected chi connectivity index (χ2v) is 11.4. The normalized spacial score (nSPS) is 11.6. The maximum atomic E-state index is 4.80. The van der Waals surface area contributed by atoms with E-state index in [9.17, 15) is 0 Å². The first-order valence-corrected chi connectivity index (χ1v) is 15.2. The predicted octanol–water partition coefficient (Wildman–Crippen LogP) is 10.9. The largest absolute Gasteiger partial charge is 0.309 e. The topological polar surface area (TPSA) is 30.7 Å². The van der Waals surface area contributed by atoms with Gasteiger partial charge in [-0.3, -0.25) is 0 Å². The number of rotatable bonds is 4. The van der Waals surface area contributed by atoms with Crippen molar-refractivity contribution >= 4 is 43.5 Å². The standard InChI is InChI=1S/C42H27N3/c1-2-9-32(10-3-1)41-37-26-23-31-11-8-14-34(40(31)42(37)44-27-43-41)30-19-17-28(18-20-30)29-21-24-33(25-22-29)45-38-15-6-4-12-35(38)36-13-5-7-16-39(36)45/h1-27H. The molecule has 0 aliphatic carbocycles. The van der Waals surface area contributed by atoms with Crippen molar-refractivity contribution in [2.75, 3.05) is 0 Å². The molecule has 0 atom stereocenters. The molecule has 0 spiro atoms. The minimum atomic E-state index is 0.956. The fraction of sp³-hybridized carbons (Fsp3) is 0. The third kappa shape index (κ3) is 4.13. The first kappa shape index (κ1) is 25.4. The van der Waals surface area contributed by atoms with E-state index in [4.69, 9.17) is 4.98 Å². The molecule has 0 bridgehead atoms. The summed E-state index contributed by atoms with van der Waals surface area (Å²) in [6.07, 6.45) is 1.69. The molecule has 0 saturated heterocycles. The Labute approximate surface area is 260 Å². The van der Waals surface area contributed by atoms with Gasteiger partial charge in [-0.1, -0.05) is 127 Å². The summed E-state index contributed by atoms with van der Waals surface area (Å²) >= 11 is 0. The predicted molar refractivity (Wildman–Crippen MR) is 188 cm³/mol. The number of benzene rings is 7. The van der Waals surface area contributed by atoms with Gasteiger partial charge in [0.2, 0.25) is 0 Å². The summed E-state index contributed by atoms with van der Waals surface area (Å²) in [7, 11) is 0. The lowest BCUT2D eigenvalue weighted by Gasteiger charge is -2.13. The summed E-state index contributed by atoms with van der Waals surface area (Å²) in [6.45, 7) is 0. The molecule has 2 aromatic heterocycles. The van der Waals surface area contributed by atoms with E-state index in [-0.39, 0.29) is 0 Å². The van der Waals surface area contributed by atoms with Crippen molar-refractivity contribution in [2.45, 2.75) is 0 Å². The van der Waals surface area contributed by atoms with Crippen LogP contribution in [0.3, 0.4) is 0 Å². The van der Waals surface area contributed by atoms with Gasteiger partial charge in [-0.15, -0.1) is 0 Å². The van der Waals surface area contributed by atoms with Crippen molar-refractivity contribution in [3.05, 3.63) is 164 Å². The molecule has 3 nitrogen and oxygen atoms in total. The van der Waals surface area contributed by atoms with Gasteiger partial charge in [0, 0.05) is 32.8 Å². The minimum absolute atomic E-state index is 0.956. The molecule has 7 aromatic carbocycles. The molecule has 0 fully saturated rings. The molecule has 2 heterocycles. The number of hydrogen-bond donors (Lipinski definition) is 0. The monoisotopic (exact) mass is 573 g/mol. The van der Waals surface area contributed by atoms with Crippen LogP contribution in [0.4, 0.5) is 0 Å². The number of aromatic nitrogens is 3. The van der Waals surface area contributed by atoms with Crippen LogP contribution in [0.5, 0.6) is 0 Å². The Morgan fingerprint density at radius 1 is 0.400 bits per heavy atom. The average Bonchev–Trinajstić information content (AvgIpc) is 3.46. The Kier molecular flexibility index (Phi) is 5.82. The molecular formula is C42H27N3. The number of hydrogen-bond acceptors (Lipinski definition) is 2. The molecule has 210 valence electrons. The van der Waals surface area contributed by atoms with Gasteiger partial charge < -0.3 is 4.57 Å². The highest BCUT2D eigenvalue weighted by atomic mass is 15.0. The molecule has 45 heavy (non-hydrogen) atoms. The average molecular weight is 574 g/mol. The second kappa shape index (κ2) is 10.3. The lowest BCUT2D eigenvalue weighted by molar-refractivity contribution is 1.18. The Morgan fingerprint density at radius 3 is 1.73 bits per heavy atom. The van der Waals surface area contributed by atoms with Crippen LogP contribution >= 0.6 is 0 Å². The van der Waals surface area contributed by atoms with Crippen molar-refractivity contribution < 1.29 is 0 Å². The quantitative estimate of drug-likeness (QED) is 0.196. The van der Waals surface area contributed by atoms with Gasteiger partial charge in [-0.2, -0.15) is 0 Å². The molecule has 0 N–H and O–H groups in total. The summed E-state index contributed by atoms with van der Waals surface area (Å²) in [5, 5.41) is 5.93. The Hall–Kier alpha value is -6.06. The first-order valence-electron chi connectivity index (χ1n) is 15.2. The molecule has 0 radical (unpaired) electrons. The molecule has 0 saturated carbocycles. The molecule has 0 aliphatic rings. The summed E-state index contributed by atoms with van der Waals surface area (Å²) in [6, 6.07) is 56.2. The van der Waals surface area contributed by atoms with Crippen LogP contribution in [0, 0.1) is 0 Å². The summed E-state index contributed by atoms with van der Waals surface area (Å²) < 4.78 is 2.36. The lowest BCUT2D eigenvalue weighted by Crippen LogP contribution is -1.93. The maximum Gasteiger partial charge on any atom is 0.116 e. The highest BCUT2D eigenvalue weighted by Gasteiger charge is 2.14. The van der Waals surface area contributed by atoms with E-state index >= 15 is 0 Å². The van der Waals surface area contributed by atoms with Crippen molar-refractivity contribution in [3.8, 4) is 39.2 Å². The van der Waals surface area contributed by atoms with E-state index in [2.05, 4.69) is 161 Å². The van der Waals surface area contributed by atoms with Crippen LogP contribution in [-0.4, -0.2) is 14.5 Å². The van der Waals surface area contributed by atoms with Crippen LogP contribution in [-0.2, 0) is 0 Å². The molecule has 0 unspecified atom stereocenters.